The number of thioether (sulfide) groups is 1. The zero-order valence-electron chi connectivity index (χ0n) is 19.3. The molecule has 3 heterocycles. The van der Waals surface area contributed by atoms with Crippen molar-refractivity contribution in [2.24, 2.45) is 4.99 Å². The van der Waals surface area contributed by atoms with Crippen LogP contribution in [0.15, 0.2) is 41.4 Å². The van der Waals surface area contributed by atoms with Crippen molar-refractivity contribution in [1.82, 2.24) is 4.90 Å². The van der Waals surface area contributed by atoms with E-state index < -0.39 is 5.60 Å². The minimum absolute atomic E-state index is 0.213. The molecule has 2 aromatic rings. The van der Waals surface area contributed by atoms with Crippen molar-refractivity contribution in [2.45, 2.75) is 57.4 Å². The maximum absolute atomic E-state index is 12.6. The first kappa shape index (κ1) is 21.4. The predicted molar refractivity (Wildman–Crippen MR) is 133 cm³/mol. The third-order valence-electron chi connectivity index (χ3n) is 6.44. The molecule has 1 N–H and O–H groups in total. The number of carbonyl (C=O) groups excluding carboxylic acids is 1. The molecule has 0 radical (unpaired) electrons. The fourth-order valence-corrected chi connectivity index (χ4v) is 6.31. The van der Waals surface area contributed by atoms with Gasteiger partial charge in [-0.2, -0.15) is 0 Å². The fraction of sp³-hybridized carbons (Fsp3) is 0.462. The van der Waals surface area contributed by atoms with Crippen molar-refractivity contribution in [3.05, 3.63) is 53.1 Å². The van der Waals surface area contributed by atoms with Gasteiger partial charge in [-0.3, -0.25) is 4.99 Å². The van der Waals surface area contributed by atoms with E-state index in [0.29, 0.717) is 18.3 Å². The van der Waals surface area contributed by atoms with E-state index in [4.69, 9.17) is 9.73 Å². The second-order valence-electron chi connectivity index (χ2n) is 9.86. The number of nitrogens with zero attached hydrogens (tertiary/aromatic N) is 2. The summed E-state index contributed by atoms with van der Waals surface area (Å²) >= 11 is 1.82. The number of hydrogen-bond donors (Lipinski definition) is 1. The van der Waals surface area contributed by atoms with E-state index in [9.17, 15) is 4.79 Å². The summed E-state index contributed by atoms with van der Waals surface area (Å²) in [5.41, 5.74) is 7.31. The maximum atomic E-state index is 12.6. The lowest BCUT2D eigenvalue weighted by Crippen LogP contribution is -2.47. The average molecular weight is 450 g/mol. The van der Waals surface area contributed by atoms with Gasteiger partial charge in [0.1, 0.15) is 5.60 Å². The van der Waals surface area contributed by atoms with Crippen LogP contribution < -0.4 is 5.32 Å². The van der Waals surface area contributed by atoms with E-state index in [-0.39, 0.29) is 12.1 Å². The van der Waals surface area contributed by atoms with Crippen LogP contribution in [-0.4, -0.2) is 52.6 Å². The van der Waals surface area contributed by atoms with Gasteiger partial charge in [-0.25, -0.2) is 4.79 Å². The number of nitrogens with one attached hydrogen (secondary N) is 1. The van der Waals surface area contributed by atoms with E-state index in [1.165, 1.54) is 33.5 Å². The number of fused-ring (bicyclic) bond motifs is 2. The highest BCUT2D eigenvalue weighted by Crippen LogP contribution is 2.40. The van der Waals surface area contributed by atoms with Crippen LogP contribution in [-0.2, 0) is 11.2 Å². The monoisotopic (exact) mass is 449 g/mol. The van der Waals surface area contributed by atoms with Crippen molar-refractivity contribution in [2.75, 3.05) is 25.0 Å². The number of amides is 1. The van der Waals surface area contributed by atoms with Gasteiger partial charge in [0, 0.05) is 30.9 Å². The fourth-order valence-electron chi connectivity index (χ4n) is 4.87. The van der Waals surface area contributed by atoms with E-state index >= 15 is 0 Å². The summed E-state index contributed by atoms with van der Waals surface area (Å²) in [6.45, 7) is 10.4. The molecule has 3 aliphatic heterocycles. The second kappa shape index (κ2) is 8.14. The first-order valence-electron chi connectivity index (χ1n) is 11.5. The van der Waals surface area contributed by atoms with E-state index in [0.717, 1.165) is 24.4 Å². The zero-order valence-corrected chi connectivity index (χ0v) is 20.1. The van der Waals surface area contributed by atoms with Gasteiger partial charge in [0.05, 0.1) is 16.3 Å². The van der Waals surface area contributed by atoms with Crippen molar-refractivity contribution in [3.8, 4) is 11.1 Å². The number of piperidine rings is 1. The van der Waals surface area contributed by atoms with Gasteiger partial charge in [0.25, 0.3) is 0 Å². The SMILES string of the molecule is Cc1c(C2=NC3CCN(C(=O)OC(C)(C)C)CC3S2)cccc1-c1cccc2c1CCN2. The van der Waals surface area contributed by atoms with E-state index in [1.54, 1.807) is 0 Å². The number of aliphatic imine (C=N–C) groups is 1. The Morgan fingerprint density at radius 1 is 1.16 bits per heavy atom. The lowest BCUT2D eigenvalue weighted by Gasteiger charge is -2.34. The van der Waals surface area contributed by atoms with Crippen LogP contribution in [0.1, 0.15) is 43.9 Å². The number of likely N-dealkylation sites (tertiary alicyclic amines) is 1. The molecule has 2 atom stereocenters. The van der Waals surface area contributed by atoms with Crippen LogP contribution in [0.2, 0.25) is 0 Å². The van der Waals surface area contributed by atoms with Crippen molar-refractivity contribution >= 4 is 28.6 Å². The Hall–Kier alpha value is -2.47. The van der Waals surface area contributed by atoms with E-state index in [1.807, 2.05) is 37.4 Å². The molecule has 1 fully saturated rings. The summed E-state index contributed by atoms with van der Waals surface area (Å²) in [5.74, 6) is 0. The lowest BCUT2D eigenvalue weighted by atomic mass is 9.92. The molecule has 3 aliphatic rings. The highest BCUT2D eigenvalue weighted by molar-refractivity contribution is 8.15. The number of ether oxygens (including phenoxy) is 1. The molecule has 6 heteroatoms. The molecule has 0 aliphatic carbocycles. The Kier molecular flexibility index (Phi) is 5.44. The number of benzene rings is 2. The summed E-state index contributed by atoms with van der Waals surface area (Å²) in [6, 6.07) is 13.4. The molecule has 0 saturated carbocycles. The first-order chi connectivity index (χ1) is 15.3. The average Bonchev–Trinajstić information content (AvgIpc) is 3.38. The van der Waals surface area contributed by atoms with Gasteiger partial charge >= 0.3 is 6.09 Å². The first-order valence-corrected chi connectivity index (χ1v) is 12.4. The normalized spacial score (nSPS) is 22.1. The largest absolute Gasteiger partial charge is 0.444 e. The summed E-state index contributed by atoms with van der Waals surface area (Å²) in [7, 11) is 0. The van der Waals surface area contributed by atoms with Gasteiger partial charge in [0.2, 0.25) is 0 Å². The Morgan fingerprint density at radius 2 is 1.91 bits per heavy atom. The topological polar surface area (TPSA) is 53.9 Å². The smallest absolute Gasteiger partial charge is 0.410 e. The second-order valence-corrected chi connectivity index (χ2v) is 11.1. The minimum atomic E-state index is -0.469. The molecule has 1 saturated heterocycles. The minimum Gasteiger partial charge on any atom is -0.444 e. The highest BCUT2D eigenvalue weighted by atomic mass is 32.2. The summed E-state index contributed by atoms with van der Waals surface area (Å²) in [5, 5.41) is 4.89. The number of hydrogen-bond acceptors (Lipinski definition) is 5. The van der Waals surface area contributed by atoms with Crippen LogP contribution in [0, 0.1) is 6.92 Å². The van der Waals surface area contributed by atoms with Gasteiger partial charge in [-0.15, -0.1) is 0 Å². The summed E-state index contributed by atoms with van der Waals surface area (Å²) < 4.78 is 5.59. The van der Waals surface area contributed by atoms with E-state index in [2.05, 4.69) is 48.6 Å². The molecule has 0 spiro atoms. The van der Waals surface area contributed by atoms with Crippen molar-refractivity contribution < 1.29 is 9.53 Å². The molecule has 32 heavy (non-hydrogen) atoms. The highest BCUT2D eigenvalue weighted by Gasteiger charge is 2.38. The zero-order chi connectivity index (χ0) is 22.5. The molecule has 5 nitrogen and oxygen atoms in total. The third kappa shape index (κ3) is 4.01. The Bertz CT molecular complexity index is 1090. The Labute approximate surface area is 194 Å². The Morgan fingerprint density at radius 3 is 2.72 bits per heavy atom. The van der Waals surface area contributed by atoms with Crippen LogP contribution in [0.4, 0.5) is 10.5 Å². The third-order valence-corrected chi connectivity index (χ3v) is 7.76. The molecule has 168 valence electrons. The molecule has 2 aromatic carbocycles. The summed E-state index contributed by atoms with van der Waals surface area (Å²) in [4.78, 5) is 19.5. The van der Waals surface area contributed by atoms with Crippen LogP contribution in [0.5, 0.6) is 0 Å². The van der Waals surface area contributed by atoms with Crippen LogP contribution in [0.25, 0.3) is 11.1 Å². The van der Waals surface area contributed by atoms with Crippen LogP contribution in [0.3, 0.4) is 0 Å². The quantitative estimate of drug-likeness (QED) is 0.658. The molecule has 2 unspecified atom stereocenters. The molecule has 1 amide bonds. The van der Waals surface area contributed by atoms with Gasteiger partial charge in [-0.05, 0) is 68.9 Å². The molecular weight excluding hydrogens is 418 g/mol. The summed E-state index contributed by atoms with van der Waals surface area (Å²) in [6.07, 6.45) is 1.74. The molecule has 5 rings (SSSR count). The van der Waals surface area contributed by atoms with Crippen LogP contribution >= 0.6 is 11.8 Å². The van der Waals surface area contributed by atoms with Gasteiger partial charge in [0.15, 0.2) is 0 Å². The number of anilines is 1. The number of carbonyl (C=O) groups is 1. The van der Waals surface area contributed by atoms with Crippen molar-refractivity contribution in [3.63, 3.8) is 0 Å². The molecular formula is C26H31N3O2S. The molecule has 0 bridgehead atoms. The van der Waals surface area contributed by atoms with Gasteiger partial charge in [-0.1, -0.05) is 42.1 Å². The standard InChI is InChI=1S/C26H31N3O2S/c1-16-17(19-9-6-10-21-20(19)11-13-27-21)7-5-8-18(16)24-28-22-12-14-29(15-23(22)32-24)25(30)31-26(2,3)4/h5-10,22-23,27H,11-15H2,1-4H3. The maximum Gasteiger partial charge on any atom is 0.410 e. The predicted octanol–water partition coefficient (Wildman–Crippen LogP) is 5.50. The van der Waals surface area contributed by atoms with Gasteiger partial charge < -0.3 is 15.0 Å². The lowest BCUT2D eigenvalue weighted by molar-refractivity contribution is 0.0213. The van der Waals surface area contributed by atoms with Crippen molar-refractivity contribution in [1.29, 1.82) is 0 Å². The molecule has 0 aromatic heterocycles. The number of rotatable bonds is 2. The Balaban J connectivity index is 1.37.